The van der Waals surface area contributed by atoms with Crippen LogP contribution in [0.1, 0.15) is 31.7 Å². The topological polar surface area (TPSA) is 75.6 Å². The Balaban J connectivity index is 2.52. The first-order valence-electron chi connectivity index (χ1n) is 6.92. The van der Waals surface area contributed by atoms with E-state index < -0.39 is 36.9 Å². The summed E-state index contributed by atoms with van der Waals surface area (Å²) in [7, 11) is 0. The fourth-order valence-electron chi connectivity index (χ4n) is 1.87. The van der Waals surface area contributed by atoms with E-state index >= 15 is 0 Å². The maximum absolute atomic E-state index is 13.5. The molecule has 0 fully saturated rings. The quantitative estimate of drug-likeness (QED) is 0.772. The third-order valence-corrected chi connectivity index (χ3v) is 2.92. The zero-order valence-electron chi connectivity index (χ0n) is 12.2. The van der Waals surface area contributed by atoms with E-state index in [9.17, 15) is 18.4 Å². The Bertz CT molecular complexity index is 494. The molecule has 1 amide bonds. The van der Waals surface area contributed by atoms with Crippen LogP contribution in [0.15, 0.2) is 30.3 Å². The molecule has 2 N–H and O–H groups in total. The van der Waals surface area contributed by atoms with Crippen LogP contribution in [0.25, 0.3) is 0 Å². The van der Waals surface area contributed by atoms with E-state index in [1.54, 1.807) is 37.3 Å². The number of carbonyl (C=O) groups excluding carboxylic acids is 1. The van der Waals surface area contributed by atoms with E-state index in [4.69, 9.17) is 9.84 Å². The SMILES string of the molecule is CCCC(F)(F)C[C@H](NC(=O)OCc1ccccc1)C(=O)O. The first-order chi connectivity index (χ1) is 10.3. The summed E-state index contributed by atoms with van der Waals surface area (Å²) in [6.45, 7) is 1.51. The lowest BCUT2D eigenvalue weighted by Gasteiger charge is -2.21. The molecule has 0 heterocycles. The van der Waals surface area contributed by atoms with Crippen molar-refractivity contribution in [1.29, 1.82) is 0 Å². The van der Waals surface area contributed by atoms with Gasteiger partial charge in [-0.2, -0.15) is 0 Å². The number of halogens is 2. The van der Waals surface area contributed by atoms with Gasteiger partial charge in [-0.15, -0.1) is 0 Å². The van der Waals surface area contributed by atoms with Gasteiger partial charge in [0.25, 0.3) is 5.92 Å². The van der Waals surface area contributed by atoms with E-state index in [2.05, 4.69) is 0 Å². The van der Waals surface area contributed by atoms with Crippen molar-refractivity contribution < 1.29 is 28.2 Å². The Hall–Kier alpha value is -2.18. The van der Waals surface area contributed by atoms with Crippen molar-refractivity contribution in [3.05, 3.63) is 35.9 Å². The molecule has 22 heavy (non-hydrogen) atoms. The number of hydrogen-bond donors (Lipinski definition) is 2. The number of carbonyl (C=O) groups is 2. The lowest BCUT2D eigenvalue weighted by molar-refractivity contribution is -0.142. The number of hydrogen-bond acceptors (Lipinski definition) is 3. The minimum absolute atomic E-state index is 0.0651. The predicted octanol–water partition coefficient (Wildman–Crippen LogP) is 3.19. The van der Waals surface area contributed by atoms with Crippen molar-refractivity contribution in [1.82, 2.24) is 5.32 Å². The molecule has 7 heteroatoms. The summed E-state index contributed by atoms with van der Waals surface area (Å²) in [6.07, 6.45) is -2.21. The fraction of sp³-hybridized carbons (Fsp3) is 0.467. The molecule has 0 aliphatic carbocycles. The van der Waals surface area contributed by atoms with Crippen LogP contribution in [-0.4, -0.2) is 29.1 Å². The number of carboxylic acids is 1. The van der Waals surface area contributed by atoms with Crippen LogP contribution in [0.4, 0.5) is 13.6 Å². The predicted molar refractivity (Wildman–Crippen MR) is 75.7 cm³/mol. The Kier molecular flexibility index (Phi) is 6.75. The van der Waals surface area contributed by atoms with Gasteiger partial charge in [0.05, 0.1) is 0 Å². The number of alkyl carbamates (subject to hydrolysis) is 1. The van der Waals surface area contributed by atoms with Gasteiger partial charge in [-0.25, -0.2) is 18.4 Å². The molecule has 1 atom stereocenters. The Morgan fingerprint density at radius 1 is 1.32 bits per heavy atom. The number of carboxylic acid groups (broad SMARTS) is 1. The fourth-order valence-corrected chi connectivity index (χ4v) is 1.87. The van der Waals surface area contributed by atoms with Crippen LogP contribution in [0.3, 0.4) is 0 Å². The Morgan fingerprint density at radius 3 is 2.50 bits per heavy atom. The van der Waals surface area contributed by atoms with Crippen molar-refractivity contribution >= 4 is 12.1 Å². The minimum Gasteiger partial charge on any atom is -0.480 e. The van der Waals surface area contributed by atoms with Crippen molar-refractivity contribution in [2.45, 2.75) is 44.8 Å². The average molecular weight is 315 g/mol. The molecule has 0 aliphatic heterocycles. The highest BCUT2D eigenvalue weighted by Gasteiger charge is 2.35. The van der Waals surface area contributed by atoms with Gasteiger partial charge in [0.15, 0.2) is 0 Å². The highest BCUT2D eigenvalue weighted by Crippen LogP contribution is 2.26. The normalized spacial score (nSPS) is 12.5. The molecule has 0 aliphatic rings. The van der Waals surface area contributed by atoms with Gasteiger partial charge in [0.1, 0.15) is 12.6 Å². The van der Waals surface area contributed by atoms with E-state index in [1.807, 2.05) is 5.32 Å². The van der Waals surface area contributed by atoms with Crippen molar-refractivity contribution in [3.8, 4) is 0 Å². The second-order valence-corrected chi connectivity index (χ2v) is 4.91. The van der Waals surface area contributed by atoms with Crippen molar-refractivity contribution in [2.24, 2.45) is 0 Å². The largest absolute Gasteiger partial charge is 0.480 e. The van der Waals surface area contributed by atoms with E-state index in [-0.39, 0.29) is 13.0 Å². The monoisotopic (exact) mass is 315 g/mol. The first kappa shape index (κ1) is 17.9. The molecule has 5 nitrogen and oxygen atoms in total. The Morgan fingerprint density at radius 2 is 1.95 bits per heavy atom. The third kappa shape index (κ3) is 6.51. The number of aliphatic carboxylic acids is 1. The maximum atomic E-state index is 13.5. The van der Waals surface area contributed by atoms with Crippen LogP contribution >= 0.6 is 0 Å². The summed E-state index contributed by atoms with van der Waals surface area (Å²) in [5, 5.41) is 10.9. The molecule has 0 radical (unpaired) electrons. The molecule has 0 unspecified atom stereocenters. The minimum atomic E-state index is -3.15. The van der Waals surface area contributed by atoms with Gasteiger partial charge in [0, 0.05) is 12.8 Å². The van der Waals surface area contributed by atoms with Crippen LogP contribution < -0.4 is 5.32 Å². The highest BCUT2D eigenvalue weighted by atomic mass is 19.3. The lowest BCUT2D eigenvalue weighted by atomic mass is 10.0. The average Bonchev–Trinajstić information content (AvgIpc) is 2.45. The van der Waals surface area contributed by atoms with Gasteiger partial charge < -0.3 is 15.2 Å². The summed E-state index contributed by atoms with van der Waals surface area (Å²) in [4.78, 5) is 22.5. The standard InChI is InChI=1S/C15H19F2NO4/c1-2-8-15(16,17)9-12(13(19)20)18-14(21)22-10-11-6-4-3-5-7-11/h3-7,12H,2,8-10H2,1H3,(H,18,21)(H,19,20)/t12-/m0/s1. The third-order valence-electron chi connectivity index (χ3n) is 2.92. The van der Waals surface area contributed by atoms with Gasteiger partial charge in [-0.1, -0.05) is 43.7 Å². The summed E-state index contributed by atoms with van der Waals surface area (Å²) >= 11 is 0. The molecule has 0 saturated carbocycles. The number of rotatable bonds is 8. The van der Waals surface area contributed by atoms with Gasteiger partial charge in [0.2, 0.25) is 0 Å². The summed E-state index contributed by atoms with van der Waals surface area (Å²) < 4.78 is 31.8. The van der Waals surface area contributed by atoms with Gasteiger partial charge >= 0.3 is 12.1 Å². The molecule has 0 aromatic heterocycles. The zero-order valence-corrected chi connectivity index (χ0v) is 12.2. The lowest BCUT2D eigenvalue weighted by Crippen LogP contribution is -2.44. The molecular formula is C15H19F2NO4. The van der Waals surface area contributed by atoms with Crippen LogP contribution in [0.2, 0.25) is 0 Å². The molecule has 0 saturated heterocycles. The summed E-state index contributed by atoms with van der Waals surface area (Å²) in [6, 6.07) is 7.04. The van der Waals surface area contributed by atoms with Crippen LogP contribution in [-0.2, 0) is 16.1 Å². The van der Waals surface area contributed by atoms with E-state index in [0.717, 1.165) is 0 Å². The number of amides is 1. The Labute approximate surface area is 127 Å². The number of benzene rings is 1. The second-order valence-electron chi connectivity index (χ2n) is 4.91. The molecular weight excluding hydrogens is 296 g/mol. The smallest absolute Gasteiger partial charge is 0.408 e. The van der Waals surface area contributed by atoms with Crippen molar-refractivity contribution in [3.63, 3.8) is 0 Å². The molecule has 1 aromatic rings. The van der Waals surface area contributed by atoms with Crippen LogP contribution in [0.5, 0.6) is 0 Å². The summed E-state index contributed by atoms with van der Waals surface area (Å²) in [5.41, 5.74) is 0.709. The zero-order chi connectivity index (χ0) is 16.6. The number of nitrogens with one attached hydrogen (secondary N) is 1. The second kappa shape index (κ2) is 8.31. The maximum Gasteiger partial charge on any atom is 0.408 e. The molecule has 1 aromatic carbocycles. The van der Waals surface area contributed by atoms with Crippen molar-refractivity contribution in [2.75, 3.05) is 0 Å². The van der Waals surface area contributed by atoms with Crippen LogP contribution in [0, 0.1) is 0 Å². The van der Waals surface area contributed by atoms with E-state index in [0.29, 0.717) is 5.56 Å². The molecule has 0 bridgehead atoms. The van der Waals surface area contributed by atoms with Gasteiger partial charge in [-0.3, -0.25) is 0 Å². The first-order valence-corrected chi connectivity index (χ1v) is 6.92. The number of alkyl halides is 2. The van der Waals surface area contributed by atoms with Gasteiger partial charge in [-0.05, 0) is 5.56 Å². The summed E-state index contributed by atoms with van der Waals surface area (Å²) in [5.74, 6) is -4.67. The molecule has 0 spiro atoms. The highest BCUT2D eigenvalue weighted by molar-refractivity contribution is 5.79. The van der Waals surface area contributed by atoms with E-state index in [1.165, 1.54) is 0 Å². The molecule has 1 rings (SSSR count). The molecule has 122 valence electrons. The number of ether oxygens (including phenoxy) is 1.